The summed E-state index contributed by atoms with van der Waals surface area (Å²) in [7, 11) is -3.36. The fourth-order valence-corrected chi connectivity index (χ4v) is 4.16. The maximum absolute atomic E-state index is 12.4. The highest BCUT2D eigenvalue weighted by Crippen LogP contribution is 2.31. The highest BCUT2D eigenvalue weighted by molar-refractivity contribution is 7.92. The van der Waals surface area contributed by atoms with Gasteiger partial charge in [-0.05, 0) is 30.4 Å². The average Bonchev–Trinajstić information content (AvgIpc) is 2.29. The molecular weight excluding hydrogens is 236 g/mol. The minimum absolute atomic E-state index is 0.0453. The maximum Gasteiger partial charge on any atom is 0.205 e. The lowest BCUT2D eigenvalue weighted by Gasteiger charge is -2.32. The van der Waals surface area contributed by atoms with E-state index < -0.39 is 15.3 Å². The summed E-state index contributed by atoms with van der Waals surface area (Å²) in [5, 5.41) is 0. The van der Waals surface area contributed by atoms with E-state index in [4.69, 9.17) is 4.74 Å². The summed E-state index contributed by atoms with van der Waals surface area (Å²) in [4.78, 5) is 0.353. The van der Waals surface area contributed by atoms with E-state index in [0.29, 0.717) is 17.4 Å². The number of hydrogen-bond acceptors (Lipinski definition) is 3. The topological polar surface area (TPSA) is 43.4 Å². The van der Waals surface area contributed by atoms with Gasteiger partial charge in [0, 0.05) is 0 Å². The smallest absolute Gasteiger partial charge is 0.205 e. The molecule has 0 aliphatic carbocycles. The Morgan fingerprint density at radius 1 is 1.18 bits per heavy atom. The molecule has 0 bridgehead atoms. The molecule has 0 aromatic heterocycles. The van der Waals surface area contributed by atoms with Gasteiger partial charge in [-0.25, -0.2) is 8.42 Å². The van der Waals surface area contributed by atoms with Crippen LogP contribution in [0.15, 0.2) is 35.2 Å². The van der Waals surface area contributed by atoms with Crippen LogP contribution in [0.25, 0.3) is 0 Å². The van der Waals surface area contributed by atoms with Crippen molar-refractivity contribution in [1.82, 2.24) is 0 Å². The number of ether oxygens (including phenoxy) is 1. The van der Waals surface area contributed by atoms with Gasteiger partial charge in [0.25, 0.3) is 0 Å². The van der Waals surface area contributed by atoms with Crippen LogP contribution in [-0.4, -0.2) is 20.5 Å². The van der Waals surface area contributed by atoms with Crippen LogP contribution in [0.3, 0.4) is 0 Å². The van der Waals surface area contributed by atoms with Crippen LogP contribution in [0.4, 0.5) is 0 Å². The van der Waals surface area contributed by atoms with Crippen LogP contribution in [0.5, 0.6) is 0 Å². The molecule has 1 aliphatic heterocycles. The van der Waals surface area contributed by atoms with E-state index in [1.165, 1.54) is 0 Å². The second-order valence-corrected chi connectivity index (χ2v) is 6.90. The van der Waals surface area contributed by atoms with E-state index in [1.807, 2.05) is 13.0 Å². The first-order valence-corrected chi connectivity index (χ1v) is 7.47. The molecule has 1 aliphatic rings. The zero-order chi connectivity index (χ0) is 12.5. The molecule has 0 saturated carbocycles. The summed E-state index contributed by atoms with van der Waals surface area (Å²) >= 11 is 0. The first-order valence-electron chi connectivity index (χ1n) is 5.92. The van der Waals surface area contributed by atoms with Crippen molar-refractivity contribution in [3.05, 3.63) is 30.3 Å². The van der Waals surface area contributed by atoms with Crippen molar-refractivity contribution in [3.63, 3.8) is 0 Å². The molecule has 1 heterocycles. The lowest BCUT2D eigenvalue weighted by molar-refractivity contribution is -0.000357. The summed E-state index contributed by atoms with van der Waals surface area (Å²) < 4.78 is 30.3. The molecule has 0 unspecified atom stereocenters. The van der Waals surface area contributed by atoms with Crippen molar-refractivity contribution >= 4 is 9.84 Å². The first-order chi connectivity index (χ1) is 8.01. The Labute approximate surface area is 103 Å². The Kier molecular flexibility index (Phi) is 3.54. The average molecular weight is 254 g/mol. The highest BCUT2D eigenvalue weighted by Gasteiger charge is 2.37. The minimum Gasteiger partial charge on any atom is -0.361 e. The van der Waals surface area contributed by atoms with Crippen LogP contribution in [0.1, 0.15) is 20.3 Å². The molecule has 94 valence electrons. The zero-order valence-electron chi connectivity index (χ0n) is 10.2. The number of rotatable bonds is 2. The van der Waals surface area contributed by atoms with Gasteiger partial charge in [-0.2, -0.15) is 0 Å². The van der Waals surface area contributed by atoms with Crippen molar-refractivity contribution in [2.24, 2.45) is 11.8 Å². The molecule has 1 aromatic carbocycles. The van der Waals surface area contributed by atoms with E-state index >= 15 is 0 Å². The molecule has 1 fully saturated rings. The van der Waals surface area contributed by atoms with E-state index in [2.05, 4.69) is 6.92 Å². The molecular formula is C13H18O3S. The largest absolute Gasteiger partial charge is 0.361 e. The Bertz CT molecular complexity index is 467. The van der Waals surface area contributed by atoms with E-state index in [1.54, 1.807) is 24.3 Å². The summed E-state index contributed by atoms with van der Waals surface area (Å²) in [6.07, 6.45) is 0.900. The monoisotopic (exact) mass is 254 g/mol. The second-order valence-electron chi connectivity index (χ2n) is 4.88. The molecule has 4 heteroatoms. The Morgan fingerprint density at radius 2 is 1.82 bits per heavy atom. The summed E-state index contributed by atoms with van der Waals surface area (Å²) in [6, 6.07) is 8.55. The molecule has 1 aromatic rings. The molecule has 0 spiro atoms. The number of benzene rings is 1. The lowest BCUT2D eigenvalue weighted by atomic mass is 9.96. The highest BCUT2D eigenvalue weighted by atomic mass is 32.2. The summed E-state index contributed by atoms with van der Waals surface area (Å²) in [6.45, 7) is 4.56. The van der Waals surface area contributed by atoms with Crippen molar-refractivity contribution < 1.29 is 13.2 Å². The van der Waals surface area contributed by atoms with E-state index in [9.17, 15) is 8.42 Å². The third-order valence-corrected chi connectivity index (χ3v) is 5.30. The predicted molar refractivity (Wildman–Crippen MR) is 66.3 cm³/mol. The lowest BCUT2D eigenvalue weighted by Crippen LogP contribution is -2.38. The first kappa shape index (κ1) is 12.6. The normalized spacial score (nSPS) is 30.1. The fourth-order valence-electron chi connectivity index (χ4n) is 2.38. The maximum atomic E-state index is 12.4. The van der Waals surface area contributed by atoms with Gasteiger partial charge in [-0.3, -0.25) is 0 Å². The van der Waals surface area contributed by atoms with Crippen molar-refractivity contribution in [1.29, 1.82) is 0 Å². The molecule has 0 radical (unpaired) electrons. The molecule has 0 amide bonds. The SMILES string of the molecule is C[C@@H]1CO[C@@H](S(=O)(=O)c2ccccc2)[C@H](C)C1. The summed E-state index contributed by atoms with van der Waals surface area (Å²) in [5.74, 6) is 0.483. The second kappa shape index (κ2) is 4.78. The molecule has 3 atom stereocenters. The molecule has 0 N–H and O–H groups in total. The number of sulfone groups is 1. The predicted octanol–water partition coefficient (Wildman–Crippen LogP) is 2.48. The standard InChI is InChI=1S/C13H18O3S/c1-10-8-11(2)13(16-9-10)17(14,15)12-6-4-3-5-7-12/h3-7,10-11,13H,8-9H2,1-2H3/t10-,11+,13-/m0/s1. The van der Waals surface area contributed by atoms with Crippen LogP contribution in [0, 0.1) is 11.8 Å². The van der Waals surface area contributed by atoms with Gasteiger partial charge in [0.1, 0.15) is 0 Å². The minimum atomic E-state index is -3.36. The third kappa shape index (κ3) is 2.53. The zero-order valence-corrected chi connectivity index (χ0v) is 11.0. The van der Waals surface area contributed by atoms with Gasteiger partial charge in [0.15, 0.2) is 5.44 Å². The molecule has 3 nitrogen and oxygen atoms in total. The Hall–Kier alpha value is -0.870. The van der Waals surface area contributed by atoms with Gasteiger partial charge in [0.05, 0.1) is 11.5 Å². The molecule has 1 saturated heterocycles. The molecule has 17 heavy (non-hydrogen) atoms. The van der Waals surface area contributed by atoms with Gasteiger partial charge < -0.3 is 4.74 Å². The van der Waals surface area contributed by atoms with Gasteiger partial charge in [0.2, 0.25) is 9.84 Å². The van der Waals surface area contributed by atoms with Crippen LogP contribution in [0.2, 0.25) is 0 Å². The van der Waals surface area contributed by atoms with E-state index in [-0.39, 0.29) is 5.92 Å². The van der Waals surface area contributed by atoms with Gasteiger partial charge >= 0.3 is 0 Å². The van der Waals surface area contributed by atoms with Crippen LogP contribution >= 0.6 is 0 Å². The van der Waals surface area contributed by atoms with Crippen molar-refractivity contribution in [2.75, 3.05) is 6.61 Å². The Morgan fingerprint density at radius 3 is 2.41 bits per heavy atom. The molecule has 2 rings (SSSR count). The number of hydrogen-bond donors (Lipinski definition) is 0. The van der Waals surface area contributed by atoms with E-state index in [0.717, 1.165) is 6.42 Å². The third-order valence-electron chi connectivity index (χ3n) is 3.16. The van der Waals surface area contributed by atoms with Crippen LogP contribution < -0.4 is 0 Å². The Balaban J connectivity index is 2.28. The van der Waals surface area contributed by atoms with Crippen molar-refractivity contribution in [2.45, 2.75) is 30.6 Å². The summed E-state index contributed by atoms with van der Waals surface area (Å²) in [5.41, 5.74) is -0.693. The van der Waals surface area contributed by atoms with Gasteiger partial charge in [-0.1, -0.05) is 32.0 Å². The van der Waals surface area contributed by atoms with Gasteiger partial charge in [-0.15, -0.1) is 0 Å². The fraction of sp³-hybridized carbons (Fsp3) is 0.538. The van der Waals surface area contributed by atoms with Crippen LogP contribution in [-0.2, 0) is 14.6 Å². The van der Waals surface area contributed by atoms with Crippen molar-refractivity contribution in [3.8, 4) is 0 Å². The quantitative estimate of drug-likeness (QED) is 0.814.